The number of unbranched alkanes of at least 4 members (excludes halogenated alkanes) is 2. The zero-order chi connectivity index (χ0) is 38.9. The number of primary amides is 1. The summed E-state index contributed by atoms with van der Waals surface area (Å²) < 4.78 is 10.1. The van der Waals surface area contributed by atoms with E-state index in [1.807, 2.05) is 0 Å². The summed E-state index contributed by atoms with van der Waals surface area (Å²) in [6.07, 6.45) is 3.50. The topological polar surface area (TPSA) is 258 Å². The number of carbonyl (C=O) groups excluding carboxylic acids is 7. The van der Waals surface area contributed by atoms with E-state index in [1.54, 1.807) is 38.1 Å². The highest BCUT2D eigenvalue weighted by atomic mass is 16.7. The van der Waals surface area contributed by atoms with E-state index in [0.29, 0.717) is 30.5 Å². The monoisotopic (exact) mass is 737 g/mol. The molecule has 1 heterocycles. The third-order valence-corrected chi connectivity index (χ3v) is 7.88. The molecule has 2 aromatic carbocycles. The molecule has 1 aliphatic rings. The van der Waals surface area contributed by atoms with Crippen molar-refractivity contribution in [2.45, 2.75) is 71.1 Å². The Labute approximate surface area is 304 Å². The zero-order valence-corrected chi connectivity index (χ0v) is 29.3. The number of hydrogen-bond donors (Lipinski definition) is 5. The summed E-state index contributed by atoms with van der Waals surface area (Å²) in [5.74, 6) is -2.51. The van der Waals surface area contributed by atoms with Gasteiger partial charge in [0.2, 0.25) is 17.7 Å². The van der Waals surface area contributed by atoms with Crippen LogP contribution in [0, 0.1) is 16.0 Å². The second-order valence-corrected chi connectivity index (χ2v) is 12.3. The van der Waals surface area contributed by atoms with Gasteiger partial charge in [-0.1, -0.05) is 32.4 Å². The van der Waals surface area contributed by atoms with Gasteiger partial charge in [0.1, 0.15) is 24.4 Å². The van der Waals surface area contributed by atoms with Crippen molar-refractivity contribution in [2.24, 2.45) is 11.7 Å². The molecule has 0 saturated heterocycles. The van der Waals surface area contributed by atoms with Gasteiger partial charge in [0.05, 0.1) is 4.92 Å². The lowest BCUT2D eigenvalue weighted by Gasteiger charge is -2.25. The number of rotatable bonds is 20. The molecule has 7 amide bonds. The van der Waals surface area contributed by atoms with E-state index < -0.39 is 41.0 Å². The van der Waals surface area contributed by atoms with E-state index >= 15 is 0 Å². The number of urea groups is 1. The zero-order valence-electron chi connectivity index (χ0n) is 29.3. The van der Waals surface area contributed by atoms with Crippen molar-refractivity contribution in [2.75, 3.05) is 18.4 Å². The molecule has 18 nitrogen and oxygen atoms in total. The van der Waals surface area contributed by atoms with Gasteiger partial charge in [0.25, 0.3) is 17.5 Å². The first kappa shape index (κ1) is 41.1. The minimum absolute atomic E-state index is 0.0608. The molecule has 1 aliphatic heterocycles. The minimum atomic E-state index is -1.06. The van der Waals surface area contributed by atoms with Crippen molar-refractivity contribution in [3.63, 3.8) is 0 Å². The molecule has 0 bridgehead atoms. The van der Waals surface area contributed by atoms with Crippen molar-refractivity contribution in [1.29, 1.82) is 0 Å². The predicted molar refractivity (Wildman–Crippen MR) is 189 cm³/mol. The van der Waals surface area contributed by atoms with E-state index in [4.69, 9.17) is 15.2 Å². The van der Waals surface area contributed by atoms with Crippen molar-refractivity contribution >= 4 is 53.1 Å². The van der Waals surface area contributed by atoms with Gasteiger partial charge in [-0.25, -0.2) is 9.59 Å². The Kier molecular flexibility index (Phi) is 15.9. The molecule has 53 heavy (non-hydrogen) atoms. The van der Waals surface area contributed by atoms with E-state index in [0.717, 1.165) is 4.90 Å². The standard InChI is InChI=1S/C35H43N7O11/c1-22(2)31(40-28(43)8-4-3-5-20-41-29(44)17-18-30(41)45)33(47)39-27(7-6-19-37-34(36)48)32(46)38-24-11-9-23(10-12-24)21-52-35(49)53-26-15-13-25(14-16-26)42(50)51/h9-18,22,27,31H,3-8,19-21H2,1-2H3,(H,38,46)(H,39,47)(H,40,43)(H3,36,37,48)/t27-,31-/m0/s1. The number of carbonyl (C=O) groups is 7. The second-order valence-electron chi connectivity index (χ2n) is 12.3. The fourth-order valence-electron chi connectivity index (χ4n) is 5.03. The Morgan fingerprint density at radius 2 is 1.53 bits per heavy atom. The quantitative estimate of drug-likeness (QED) is 0.0330. The Balaban J connectivity index is 1.52. The first-order valence-electron chi connectivity index (χ1n) is 16.9. The molecule has 2 atom stereocenters. The third kappa shape index (κ3) is 14.1. The number of ether oxygens (including phenoxy) is 2. The van der Waals surface area contributed by atoms with Gasteiger partial charge in [-0.2, -0.15) is 0 Å². The summed E-state index contributed by atoms with van der Waals surface area (Å²) in [4.78, 5) is 97.3. The molecular weight excluding hydrogens is 694 g/mol. The first-order chi connectivity index (χ1) is 25.2. The second kappa shape index (κ2) is 20.5. The van der Waals surface area contributed by atoms with Crippen LogP contribution in [0.25, 0.3) is 0 Å². The van der Waals surface area contributed by atoms with Crippen LogP contribution in [0.4, 0.5) is 21.0 Å². The van der Waals surface area contributed by atoms with Crippen molar-refractivity contribution < 1.29 is 48.0 Å². The molecule has 0 aliphatic carbocycles. The molecule has 0 fully saturated rings. The lowest BCUT2D eigenvalue weighted by molar-refractivity contribution is -0.384. The number of imide groups is 1. The highest BCUT2D eigenvalue weighted by Crippen LogP contribution is 2.18. The molecule has 0 spiro atoms. The number of benzene rings is 2. The number of hydrogen-bond acceptors (Lipinski definition) is 11. The number of amides is 7. The van der Waals surface area contributed by atoms with Crippen molar-refractivity contribution in [3.05, 3.63) is 76.4 Å². The third-order valence-electron chi connectivity index (χ3n) is 7.88. The van der Waals surface area contributed by atoms with E-state index in [9.17, 15) is 43.7 Å². The summed E-state index contributed by atoms with van der Waals surface area (Å²) in [7, 11) is 0. The average Bonchev–Trinajstić information content (AvgIpc) is 3.43. The SMILES string of the molecule is CC(C)[C@H](NC(=O)CCCCCN1C(=O)C=CC1=O)C(=O)N[C@@H](CCCNC(N)=O)C(=O)Nc1ccc(COC(=O)Oc2ccc([N+](=O)[O-])cc2)cc1. The maximum atomic E-state index is 13.4. The molecule has 0 radical (unpaired) electrons. The van der Waals surface area contributed by atoms with Gasteiger partial charge >= 0.3 is 12.2 Å². The van der Waals surface area contributed by atoms with Crippen LogP contribution in [-0.2, 0) is 35.3 Å². The lowest BCUT2D eigenvalue weighted by Crippen LogP contribution is -2.54. The highest BCUT2D eigenvalue weighted by molar-refractivity contribution is 6.12. The Bertz CT molecular complexity index is 1660. The van der Waals surface area contributed by atoms with E-state index in [1.165, 1.54) is 36.4 Å². The molecule has 6 N–H and O–H groups in total. The number of non-ortho nitro benzene ring substituents is 1. The summed E-state index contributed by atoms with van der Waals surface area (Å²) in [5.41, 5.74) is 5.89. The van der Waals surface area contributed by atoms with Gasteiger partial charge in [-0.05, 0) is 61.4 Å². The number of nitro benzene ring substituents is 1. The summed E-state index contributed by atoms with van der Waals surface area (Å²) in [6.45, 7) is 3.72. The Hall–Kier alpha value is -6.33. The number of nitrogens with two attached hydrogens (primary N) is 1. The van der Waals surface area contributed by atoms with Crippen LogP contribution < -0.4 is 31.7 Å². The number of nitrogens with one attached hydrogen (secondary N) is 4. The van der Waals surface area contributed by atoms with Crippen molar-refractivity contribution in [3.8, 4) is 5.75 Å². The molecule has 0 unspecified atom stereocenters. The van der Waals surface area contributed by atoms with E-state index in [2.05, 4.69) is 21.3 Å². The molecule has 0 saturated carbocycles. The Morgan fingerprint density at radius 3 is 2.13 bits per heavy atom. The largest absolute Gasteiger partial charge is 0.514 e. The molecule has 0 aromatic heterocycles. The minimum Gasteiger partial charge on any atom is -0.429 e. The summed E-state index contributed by atoms with van der Waals surface area (Å²) in [5, 5.41) is 21.4. The summed E-state index contributed by atoms with van der Waals surface area (Å²) >= 11 is 0. The van der Waals surface area contributed by atoms with Crippen molar-refractivity contribution in [1.82, 2.24) is 20.9 Å². The van der Waals surface area contributed by atoms with Gasteiger partial charge in [-0.3, -0.25) is 39.0 Å². The Morgan fingerprint density at radius 1 is 0.868 bits per heavy atom. The fraction of sp³-hybridized carbons (Fsp3) is 0.400. The number of nitrogens with zero attached hydrogens (tertiary/aromatic N) is 2. The van der Waals surface area contributed by atoms with Gasteiger partial charge in [-0.15, -0.1) is 0 Å². The predicted octanol–water partition coefficient (Wildman–Crippen LogP) is 2.81. The van der Waals surface area contributed by atoms with Gasteiger partial charge in [0, 0.05) is 49.5 Å². The maximum Gasteiger partial charge on any atom is 0.514 e. The smallest absolute Gasteiger partial charge is 0.429 e. The molecular formula is C35H43N7O11. The van der Waals surface area contributed by atoms with Crippen LogP contribution >= 0.6 is 0 Å². The van der Waals surface area contributed by atoms with Crippen LogP contribution in [0.5, 0.6) is 5.75 Å². The number of anilines is 1. The maximum absolute atomic E-state index is 13.4. The van der Waals surface area contributed by atoms with Crippen LogP contribution in [0.15, 0.2) is 60.7 Å². The summed E-state index contributed by atoms with van der Waals surface area (Å²) in [6, 6.07) is 8.42. The molecule has 3 rings (SSSR count). The molecule has 2 aromatic rings. The fourth-order valence-corrected chi connectivity index (χ4v) is 5.03. The molecule has 18 heteroatoms. The number of nitro groups is 1. The van der Waals surface area contributed by atoms with Crippen LogP contribution in [0.3, 0.4) is 0 Å². The van der Waals surface area contributed by atoms with Gasteiger partial charge in [0.15, 0.2) is 0 Å². The van der Waals surface area contributed by atoms with E-state index in [-0.39, 0.29) is 74.0 Å². The van der Waals surface area contributed by atoms with Gasteiger partial charge < -0.3 is 36.5 Å². The van der Waals surface area contributed by atoms with Crippen LogP contribution in [-0.4, -0.2) is 76.7 Å². The van der Waals surface area contributed by atoms with Crippen LogP contribution in [0.2, 0.25) is 0 Å². The first-order valence-corrected chi connectivity index (χ1v) is 16.9. The molecule has 284 valence electrons. The average molecular weight is 738 g/mol. The highest BCUT2D eigenvalue weighted by Gasteiger charge is 2.29. The van der Waals surface area contributed by atoms with Crippen LogP contribution in [0.1, 0.15) is 57.9 Å². The lowest BCUT2D eigenvalue weighted by atomic mass is 10.0. The normalized spacial score (nSPS) is 13.2.